The first-order chi connectivity index (χ1) is 15.1. The molecule has 0 spiro atoms. The summed E-state index contributed by atoms with van der Waals surface area (Å²) >= 11 is 7.13. The molecular formula is C23H25ClN4O2S. The summed E-state index contributed by atoms with van der Waals surface area (Å²) in [6, 6.07) is 13.5. The summed E-state index contributed by atoms with van der Waals surface area (Å²) in [5.41, 5.74) is 2.83. The van der Waals surface area contributed by atoms with E-state index in [0.29, 0.717) is 15.0 Å². The van der Waals surface area contributed by atoms with Crippen LogP contribution in [0.3, 0.4) is 0 Å². The summed E-state index contributed by atoms with van der Waals surface area (Å²) in [5, 5.41) is 6.98. The molecule has 1 aliphatic heterocycles. The van der Waals surface area contributed by atoms with Crippen LogP contribution >= 0.6 is 22.9 Å². The van der Waals surface area contributed by atoms with Gasteiger partial charge in [-0.25, -0.2) is 0 Å². The molecule has 3 aromatic rings. The maximum absolute atomic E-state index is 12.2. The summed E-state index contributed by atoms with van der Waals surface area (Å²) in [4.78, 5) is 19.9. The van der Waals surface area contributed by atoms with E-state index in [0.717, 1.165) is 55.1 Å². The topological polar surface area (TPSA) is 70.7 Å². The van der Waals surface area contributed by atoms with Crippen LogP contribution in [-0.2, 0) is 6.54 Å². The number of amidine groups is 1. The van der Waals surface area contributed by atoms with E-state index in [-0.39, 0.29) is 12.5 Å². The third kappa shape index (κ3) is 5.35. The molecule has 2 aromatic heterocycles. The van der Waals surface area contributed by atoms with Crippen molar-refractivity contribution in [3.05, 3.63) is 63.0 Å². The minimum atomic E-state index is -0.180. The summed E-state index contributed by atoms with van der Waals surface area (Å²) in [5.74, 6) is 1.50. The summed E-state index contributed by atoms with van der Waals surface area (Å²) in [7, 11) is 0. The van der Waals surface area contributed by atoms with Crippen molar-refractivity contribution in [3.63, 3.8) is 0 Å². The van der Waals surface area contributed by atoms with Crippen molar-refractivity contribution >= 4 is 34.7 Å². The molecule has 0 saturated carbocycles. The van der Waals surface area contributed by atoms with Gasteiger partial charge in [-0.15, -0.1) is 11.3 Å². The Morgan fingerprint density at radius 3 is 2.71 bits per heavy atom. The van der Waals surface area contributed by atoms with Crippen molar-refractivity contribution in [2.45, 2.75) is 32.7 Å². The van der Waals surface area contributed by atoms with Crippen LogP contribution < -0.4 is 5.32 Å². The van der Waals surface area contributed by atoms with Crippen LogP contribution in [0.2, 0.25) is 4.34 Å². The Balaban J connectivity index is 1.40. The lowest BCUT2D eigenvalue weighted by Gasteiger charge is -2.34. The largest absolute Gasteiger partial charge is 0.359 e. The molecule has 0 unspecified atom stereocenters. The highest BCUT2D eigenvalue weighted by atomic mass is 35.5. The minimum Gasteiger partial charge on any atom is -0.359 e. The Hall–Kier alpha value is -2.64. The standard InChI is InChI=1S/C23H25ClN4O2S/c1-2-3-11-25-22(28-12-4-13-28)17-7-5-16(6-8-17)19-14-18(30-27-19)15-26-23(29)20-9-10-21(24)31-20/h5-10,14H,2-4,11-13,15H2,1H3,(H,26,29)/b25-22-. The molecule has 1 N–H and O–H groups in total. The molecule has 0 atom stereocenters. The number of benzene rings is 1. The van der Waals surface area contributed by atoms with Crippen LogP contribution in [-0.4, -0.2) is 41.4 Å². The van der Waals surface area contributed by atoms with Crippen molar-refractivity contribution in [2.75, 3.05) is 19.6 Å². The van der Waals surface area contributed by atoms with Crippen molar-refractivity contribution in [3.8, 4) is 11.3 Å². The maximum Gasteiger partial charge on any atom is 0.261 e. The molecule has 1 aliphatic rings. The zero-order valence-electron chi connectivity index (χ0n) is 17.4. The van der Waals surface area contributed by atoms with Crippen LogP contribution in [0.25, 0.3) is 11.3 Å². The van der Waals surface area contributed by atoms with Crippen molar-refractivity contribution in [2.24, 2.45) is 4.99 Å². The van der Waals surface area contributed by atoms with Crippen molar-refractivity contribution in [1.29, 1.82) is 0 Å². The fraction of sp³-hybridized carbons (Fsp3) is 0.348. The number of unbranched alkanes of at least 4 members (excludes halogenated alkanes) is 1. The van der Waals surface area contributed by atoms with E-state index < -0.39 is 0 Å². The fourth-order valence-electron chi connectivity index (χ4n) is 3.26. The third-order valence-corrected chi connectivity index (χ3v) is 6.38. The van der Waals surface area contributed by atoms with Gasteiger partial charge in [0.15, 0.2) is 5.76 Å². The van der Waals surface area contributed by atoms with Gasteiger partial charge in [-0.1, -0.05) is 54.4 Å². The van der Waals surface area contributed by atoms with Crippen molar-refractivity contribution in [1.82, 2.24) is 15.4 Å². The molecule has 6 nitrogen and oxygen atoms in total. The number of aromatic nitrogens is 1. The highest BCUT2D eigenvalue weighted by Gasteiger charge is 2.20. The van der Waals surface area contributed by atoms with E-state index in [1.165, 1.54) is 17.8 Å². The van der Waals surface area contributed by atoms with E-state index in [1.807, 2.05) is 18.2 Å². The molecule has 1 aromatic carbocycles. The zero-order chi connectivity index (χ0) is 21.6. The molecule has 0 radical (unpaired) electrons. The van der Waals surface area contributed by atoms with E-state index in [2.05, 4.69) is 34.4 Å². The number of likely N-dealkylation sites (tertiary alicyclic amines) is 1. The first kappa shape index (κ1) is 21.6. The number of hydrogen-bond donors (Lipinski definition) is 1. The van der Waals surface area contributed by atoms with Crippen LogP contribution in [0.5, 0.6) is 0 Å². The van der Waals surface area contributed by atoms with Gasteiger partial charge in [-0.3, -0.25) is 9.79 Å². The van der Waals surface area contributed by atoms with Gasteiger partial charge in [-0.2, -0.15) is 0 Å². The number of amides is 1. The lowest BCUT2D eigenvalue weighted by Crippen LogP contribution is -2.42. The lowest BCUT2D eigenvalue weighted by atomic mass is 10.1. The van der Waals surface area contributed by atoms with Gasteiger partial charge in [0.25, 0.3) is 5.91 Å². The second kappa shape index (κ2) is 10.1. The average Bonchev–Trinajstić information content (AvgIpc) is 3.39. The number of rotatable bonds is 8. The normalized spacial score (nSPS) is 13.9. The van der Waals surface area contributed by atoms with Gasteiger partial charge in [0.05, 0.1) is 15.8 Å². The highest BCUT2D eigenvalue weighted by molar-refractivity contribution is 7.17. The summed E-state index contributed by atoms with van der Waals surface area (Å²) in [6.45, 7) is 5.46. The Bertz CT molecular complexity index is 1050. The van der Waals surface area contributed by atoms with E-state index in [9.17, 15) is 4.79 Å². The average molecular weight is 457 g/mol. The zero-order valence-corrected chi connectivity index (χ0v) is 19.0. The van der Waals surface area contributed by atoms with Gasteiger partial charge in [0.2, 0.25) is 0 Å². The highest BCUT2D eigenvalue weighted by Crippen LogP contribution is 2.23. The quantitative estimate of drug-likeness (QED) is 0.286. The first-order valence-electron chi connectivity index (χ1n) is 10.5. The van der Waals surface area contributed by atoms with Crippen LogP contribution in [0.1, 0.15) is 47.2 Å². The molecule has 4 rings (SSSR count). The number of nitrogens with one attached hydrogen (secondary N) is 1. The van der Waals surface area contributed by atoms with Gasteiger partial charge in [0, 0.05) is 36.8 Å². The number of hydrogen-bond acceptors (Lipinski definition) is 5. The number of thiophene rings is 1. The van der Waals surface area contributed by atoms with Gasteiger partial charge >= 0.3 is 0 Å². The molecule has 1 amide bonds. The number of nitrogens with zero attached hydrogens (tertiary/aromatic N) is 3. The molecule has 1 fully saturated rings. The summed E-state index contributed by atoms with van der Waals surface area (Å²) in [6.07, 6.45) is 3.47. The second-order valence-corrected chi connectivity index (χ2v) is 9.16. The molecule has 31 heavy (non-hydrogen) atoms. The van der Waals surface area contributed by atoms with Gasteiger partial charge < -0.3 is 14.7 Å². The van der Waals surface area contributed by atoms with Gasteiger partial charge in [-0.05, 0) is 25.0 Å². The monoisotopic (exact) mass is 456 g/mol. The number of carbonyl (C=O) groups is 1. The number of halogens is 1. The summed E-state index contributed by atoms with van der Waals surface area (Å²) < 4.78 is 5.99. The Kier molecular flexibility index (Phi) is 7.04. The fourth-order valence-corrected chi connectivity index (χ4v) is 4.22. The van der Waals surface area contributed by atoms with Crippen molar-refractivity contribution < 1.29 is 9.32 Å². The SMILES string of the molecule is CCCC/N=C(/c1ccc(-c2cc(CNC(=O)c3ccc(Cl)s3)on2)cc1)N1CCC1. The molecule has 0 aliphatic carbocycles. The smallest absolute Gasteiger partial charge is 0.261 e. The van der Waals surface area contributed by atoms with Crippen LogP contribution in [0.4, 0.5) is 0 Å². The Morgan fingerprint density at radius 2 is 2.06 bits per heavy atom. The maximum atomic E-state index is 12.2. The van der Waals surface area contributed by atoms with Crippen LogP contribution in [0.15, 0.2) is 52.0 Å². The number of aliphatic imine (C=N–C) groups is 1. The van der Waals surface area contributed by atoms with E-state index in [1.54, 1.807) is 12.1 Å². The lowest BCUT2D eigenvalue weighted by molar-refractivity contribution is 0.0951. The van der Waals surface area contributed by atoms with Crippen LogP contribution in [0, 0.1) is 0 Å². The van der Waals surface area contributed by atoms with E-state index >= 15 is 0 Å². The molecule has 3 heterocycles. The minimum absolute atomic E-state index is 0.180. The predicted molar refractivity (Wildman–Crippen MR) is 125 cm³/mol. The Labute approximate surface area is 190 Å². The molecule has 162 valence electrons. The Morgan fingerprint density at radius 1 is 1.26 bits per heavy atom. The number of carbonyl (C=O) groups excluding carboxylic acids is 1. The van der Waals surface area contributed by atoms with E-state index in [4.69, 9.17) is 21.1 Å². The van der Waals surface area contributed by atoms with Gasteiger partial charge in [0.1, 0.15) is 11.5 Å². The first-order valence-corrected chi connectivity index (χ1v) is 11.7. The molecule has 8 heteroatoms. The molecule has 0 bridgehead atoms. The predicted octanol–water partition coefficient (Wildman–Crippen LogP) is 5.24. The molecule has 1 saturated heterocycles. The second-order valence-electron chi connectivity index (χ2n) is 7.44. The molecular weight excluding hydrogens is 432 g/mol. The third-order valence-electron chi connectivity index (χ3n) is 5.15.